The number of carbonyl (C=O) groups excluding carboxylic acids is 1. The van der Waals surface area contributed by atoms with E-state index in [4.69, 9.17) is 5.73 Å². The Bertz CT molecular complexity index is 426. The zero-order valence-corrected chi connectivity index (χ0v) is 10.9. The van der Waals surface area contributed by atoms with Crippen LogP contribution in [-0.4, -0.2) is 11.9 Å². The van der Waals surface area contributed by atoms with Crippen LogP contribution in [0.25, 0.3) is 0 Å². The van der Waals surface area contributed by atoms with E-state index in [9.17, 15) is 13.6 Å². The van der Waals surface area contributed by atoms with Crippen LogP contribution in [0.2, 0.25) is 0 Å². The minimum absolute atomic E-state index is 0.00551. The third kappa shape index (κ3) is 4.05. The van der Waals surface area contributed by atoms with Crippen molar-refractivity contribution in [1.82, 2.24) is 5.32 Å². The van der Waals surface area contributed by atoms with Crippen molar-refractivity contribution in [2.75, 3.05) is 0 Å². The lowest BCUT2D eigenvalue weighted by atomic mass is 10.1. The lowest BCUT2D eigenvalue weighted by Gasteiger charge is -2.13. The number of benzene rings is 1. The molecule has 0 bridgehead atoms. The summed E-state index contributed by atoms with van der Waals surface area (Å²) in [6, 6.07) is 2.26. The summed E-state index contributed by atoms with van der Waals surface area (Å²) >= 11 is 2.98. The molecule has 1 rings (SSSR count). The Kier molecular flexibility index (Phi) is 5.02. The van der Waals surface area contributed by atoms with Gasteiger partial charge < -0.3 is 11.1 Å². The average molecular weight is 307 g/mol. The highest BCUT2D eigenvalue weighted by molar-refractivity contribution is 9.10. The molecule has 0 aromatic heterocycles. The summed E-state index contributed by atoms with van der Waals surface area (Å²) in [5.74, 6) is -1.71. The topological polar surface area (TPSA) is 55.1 Å². The number of carbonyl (C=O) groups is 1. The summed E-state index contributed by atoms with van der Waals surface area (Å²) in [5, 5.41) is 2.84. The van der Waals surface area contributed by atoms with Gasteiger partial charge in [0.05, 0.1) is 4.47 Å². The fraction of sp³-hybridized carbons (Fsp3) is 0.364. The normalized spacial score (nSPS) is 12.5. The van der Waals surface area contributed by atoms with Crippen LogP contribution in [0, 0.1) is 11.6 Å². The number of amides is 1. The summed E-state index contributed by atoms with van der Waals surface area (Å²) in [6.45, 7) is 1.73. The minimum atomic E-state index is -0.635. The van der Waals surface area contributed by atoms with Crippen molar-refractivity contribution in [1.29, 1.82) is 0 Å². The predicted octanol–water partition coefficient (Wildman–Crippen LogP) is 2.08. The van der Waals surface area contributed by atoms with Crippen LogP contribution in [0.5, 0.6) is 0 Å². The van der Waals surface area contributed by atoms with Gasteiger partial charge in [0.25, 0.3) is 0 Å². The molecule has 0 aliphatic rings. The molecule has 1 aromatic carbocycles. The van der Waals surface area contributed by atoms with Crippen molar-refractivity contribution in [3.8, 4) is 0 Å². The van der Waals surface area contributed by atoms with E-state index in [1.54, 1.807) is 6.92 Å². The number of halogens is 3. The van der Waals surface area contributed by atoms with Gasteiger partial charge in [-0.05, 0) is 35.0 Å². The molecular formula is C11H13BrF2N2O. The summed E-state index contributed by atoms with van der Waals surface area (Å²) in [7, 11) is 0. The number of hydrogen-bond acceptors (Lipinski definition) is 2. The van der Waals surface area contributed by atoms with Gasteiger partial charge in [-0.25, -0.2) is 8.78 Å². The van der Waals surface area contributed by atoms with E-state index in [-0.39, 0.29) is 29.0 Å². The van der Waals surface area contributed by atoms with Gasteiger partial charge in [0.1, 0.15) is 11.6 Å². The van der Waals surface area contributed by atoms with Gasteiger partial charge in [-0.15, -0.1) is 0 Å². The fourth-order valence-corrected chi connectivity index (χ4v) is 1.75. The molecule has 0 saturated heterocycles. The molecule has 0 fully saturated rings. The van der Waals surface area contributed by atoms with Crippen LogP contribution < -0.4 is 11.1 Å². The second kappa shape index (κ2) is 6.07. The van der Waals surface area contributed by atoms with Gasteiger partial charge in [-0.2, -0.15) is 0 Å². The average Bonchev–Trinajstić information content (AvgIpc) is 2.23. The first-order valence-corrected chi connectivity index (χ1v) is 5.85. The lowest BCUT2D eigenvalue weighted by Crippen LogP contribution is -2.31. The molecule has 0 saturated carbocycles. The molecule has 6 heteroatoms. The number of hydrogen-bond donors (Lipinski definition) is 2. The SMILES string of the molecule is CC(CC(N)=O)NCc1c(F)ccc(Br)c1F. The molecule has 1 atom stereocenters. The van der Waals surface area contributed by atoms with Crippen LogP contribution in [-0.2, 0) is 11.3 Å². The summed E-state index contributed by atoms with van der Waals surface area (Å²) in [5.41, 5.74) is 4.95. The molecule has 0 aliphatic carbocycles. The molecule has 0 heterocycles. The Morgan fingerprint density at radius 1 is 1.53 bits per heavy atom. The van der Waals surface area contributed by atoms with Gasteiger partial charge in [0, 0.05) is 24.6 Å². The summed E-state index contributed by atoms with van der Waals surface area (Å²) in [6.07, 6.45) is 0.122. The van der Waals surface area contributed by atoms with E-state index in [1.807, 2.05) is 0 Å². The largest absolute Gasteiger partial charge is 0.370 e. The van der Waals surface area contributed by atoms with E-state index >= 15 is 0 Å². The molecule has 1 aromatic rings. The molecule has 0 spiro atoms. The van der Waals surface area contributed by atoms with Crippen LogP contribution >= 0.6 is 15.9 Å². The van der Waals surface area contributed by atoms with Gasteiger partial charge in [0.2, 0.25) is 5.91 Å². The molecule has 0 aliphatic heterocycles. The monoisotopic (exact) mass is 306 g/mol. The van der Waals surface area contributed by atoms with Gasteiger partial charge in [0.15, 0.2) is 0 Å². The molecule has 17 heavy (non-hydrogen) atoms. The van der Waals surface area contributed by atoms with Crippen molar-refractivity contribution in [2.24, 2.45) is 5.73 Å². The highest BCUT2D eigenvalue weighted by atomic mass is 79.9. The zero-order valence-electron chi connectivity index (χ0n) is 9.27. The second-order valence-corrected chi connectivity index (χ2v) is 4.63. The molecule has 3 nitrogen and oxygen atoms in total. The maximum atomic E-state index is 13.6. The van der Waals surface area contributed by atoms with E-state index in [0.717, 1.165) is 0 Å². The third-order valence-corrected chi connectivity index (χ3v) is 2.89. The Morgan fingerprint density at radius 2 is 2.18 bits per heavy atom. The first-order chi connectivity index (χ1) is 7.91. The van der Waals surface area contributed by atoms with Gasteiger partial charge >= 0.3 is 0 Å². The number of primary amides is 1. The van der Waals surface area contributed by atoms with Gasteiger partial charge in [-0.1, -0.05) is 0 Å². The standard InChI is InChI=1S/C11H13BrF2N2O/c1-6(4-10(15)17)16-5-7-9(13)3-2-8(12)11(7)14/h2-3,6,16H,4-5H2,1H3,(H2,15,17). The fourth-order valence-electron chi connectivity index (χ4n) is 1.38. The van der Waals surface area contributed by atoms with Crippen molar-refractivity contribution in [3.05, 3.63) is 33.8 Å². The predicted molar refractivity (Wildman–Crippen MR) is 64.2 cm³/mol. The van der Waals surface area contributed by atoms with Crippen molar-refractivity contribution in [3.63, 3.8) is 0 Å². The minimum Gasteiger partial charge on any atom is -0.370 e. The Labute approximate surface area is 107 Å². The maximum Gasteiger partial charge on any atom is 0.218 e. The van der Waals surface area contributed by atoms with E-state index < -0.39 is 17.5 Å². The van der Waals surface area contributed by atoms with E-state index in [2.05, 4.69) is 21.2 Å². The molecule has 1 amide bonds. The summed E-state index contributed by atoms with van der Waals surface area (Å²) in [4.78, 5) is 10.6. The number of rotatable bonds is 5. The molecular weight excluding hydrogens is 294 g/mol. The third-order valence-electron chi connectivity index (χ3n) is 2.27. The lowest BCUT2D eigenvalue weighted by molar-refractivity contribution is -0.118. The number of nitrogens with one attached hydrogen (secondary N) is 1. The first kappa shape index (κ1) is 14.1. The Morgan fingerprint density at radius 3 is 2.76 bits per heavy atom. The Hall–Kier alpha value is -1.01. The maximum absolute atomic E-state index is 13.6. The van der Waals surface area contributed by atoms with E-state index in [1.165, 1.54) is 12.1 Å². The van der Waals surface area contributed by atoms with Crippen LogP contribution in [0.15, 0.2) is 16.6 Å². The van der Waals surface area contributed by atoms with Crippen LogP contribution in [0.1, 0.15) is 18.9 Å². The zero-order chi connectivity index (χ0) is 13.0. The van der Waals surface area contributed by atoms with Crippen molar-refractivity contribution in [2.45, 2.75) is 25.9 Å². The summed E-state index contributed by atoms with van der Waals surface area (Å²) < 4.78 is 27.1. The quantitative estimate of drug-likeness (QED) is 0.818. The van der Waals surface area contributed by atoms with Gasteiger partial charge in [-0.3, -0.25) is 4.79 Å². The van der Waals surface area contributed by atoms with Crippen LogP contribution in [0.3, 0.4) is 0 Å². The van der Waals surface area contributed by atoms with Crippen molar-refractivity contribution >= 4 is 21.8 Å². The molecule has 3 N–H and O–H groups in total. The Balaban J connectivity index is 2.69. The molecule has 0 radical (unpaired) electrons. The highest BCUT2D eigenvalue weighted by Gasteiger charge is 2.13. The first-order valence-electron chi connectivity index (χ1n) is 5.06. The highest BCUT2D eigenvalue weighted by Crippen LogP contribution is 2.21. The van der Waals surface area contributed by atoms with E-state index in [0.29, 0.717) is 0 Å². The van der Waals surface area contributed by atoms with Crippen molar-refractivity contribution < 1.29 is 13.6 Å². The van der Waals surface area contributed by atoms with Crippen LogP contribution in [0.4, 0.5) is 8.78 Å². The molecule has 1 unspecified atom stereocenters. The smallest absolute Gasteiger partial charge is 0.218 e. The number of nitrogens with two attached hydrogens (primary N) is 1. The molecule has 94 valence electrons. The second-order valence-electron chi connectivity index (χ2n) is 3.77.